The highest BCUT2D eigenvalue weighted by Crippen LogP contribution is 2.42. The molecule has 4 rings (SSSR count). The molecule has 1 fully saturated rings. The highest BCUT2D eigenvalue weighted by Gasteiger charge is 2.49. The molecule has 1 saturated heterocycles. The fourth-order valence-electron chi connectivity index (χ4n) is 3.80. The molecule has 0 spiro atoms. The lowest BCUT2D eigenvalue weighted by Crippen LogP contribution is -2.36. The lowest BCUT2D eigenvalue weighted by atomic mass is 9.87. The van der Waals surface area contributed by atoms with Crippen molar-refractivity contribution in [2.24, 2.45) is 5.92 Å². The smallest absolute Gasteiger partial charge is 0.232 e. The molecule has 1 aliphatic heterocycles. The second kappa shape index (κ2) is 6.76. The van der Waals surface area contributed by atoms with Crippen LogP contribution in [-0.4, -0.2) is 32.3 Å². The van der Waals surface area contributed by atoms with E-state index >= 15 is 0 Å². The minimum absolute atomic E-state index is 0.0583. The van der Waals surface area contributed by atoms with Crippen molar-refractivity contribution < 1.29 is 9.53 Å². The van der Waals surface area contributed by atoms with Crippen LogP contribution in [0.5, 0.6) is 0 Å². The van der Waals surface area contributed by atoms with Gasteiger partial charge in [-0.05, 0) is 57.9 Å². The van der Waals surface area contributed by atoms with E-state index in [1.165, 1.54) is 11.3 Å². The molecule has 2 aromatic heterocycles. The maximum absolute atomic E-state index is 12.8. The van der Waals surface area contributed by atoms with Gasteiger partial charge in [0.25, 0.3) is 0 Å². The van der Waals surface area contributed by atoms with Crippen LogP contribution >= 0.6 is 22.9 Å². The second-order valence-electron chi connectivity index (χ2n) is 8.18. The van der Waals surface area contributed by atoms with Gasteiger partial charge in [0.05, 0.1) is 27.5 Å². The number of carbonyl (C=O) groups is 1. The topological polar surface area (TPSA) is 77.0 Å². The van der Waals surface area contributed by atoms with Crippen LogP contribution in [0.4, 0.5) is 5.13 Å². The molecule has 8 heteroatoms. The van der Waals surface area contributed by atoms with E-state index in [-0.39, 0.29) is 17.4 Å². The first-order valence-electron chi connectivity index (χ1n) is 9.03. The highest BCUT2D eigenvalue weighted by molar-refractivity contribution is 7.19. The number of rotatable bonds is 3. The first-order chi connectivity index (χ1) is 13.1. The first-order valence-corrected chi connectivity index (χ1v) is 10.2. The Morgan fingerprint density at radius 3 is 2.75 bits per heavy atom. The molecular formula is C20H21ClN4O2S. The molecule has 3 heterocycles. The summed E-state index contributed by atoms with van der Waals surface area (Å²) in [4.78, 5) is 18.2. The van der Waals surface area contributed by atoms with E-state index in [9.17, 15) is 4.79 Å². The Labute approximate surface area is 172 Å². The normalized spacial score (nSPS) is 20.4. The quantitative estimate of drug-likeness (QED) is 0.654. The zero-order chi connectivity index (χ0) is 20.1. The molecule has 28 heavy (non-hydrogen) atoms. The monoisotopic (exact) mass is 416 g/mol. The van der Waals surface area contributed by atoms with E-state index in [0.717, 1.165) is 21.3 Å². The number of nitrogens with zero attached hydrogens (tertiary/aromatic N) is 3. The van der Waals surface area contributed by atoms with E-state index < -0.39 is 5.60 Å². The van der Waals surface area contributed by atoms with E-state index in [1.807, 2.05) is 45.9 Å². The number of thiazole rings is 1. The number of carbonyl (C=O) groups excluding carboxylic acids is 1. The van der Waals surface area contributed by atoms with E-state index in [2.05, 4.69) is 20.5 Å². The van der Waals surface area contributed by atoms with Crippen LogP contribution in [0.3, 0.4) is 0 Å². The number of ether oxygens (including phenoxy) is 1. The second-order valence-corrected chi connectivity index (χ2v) is 9.60. The standard InChI is InChI=1S/C20H21ClN4O2S/c1-19(2)9-13(20(3,4)27-19)17(26)23-18-22-10-15(28-18)11-5-6-14-12(7-11)8-16(21)25-24-14/h5-8,10,13H,9H2,1-4H3,(H,22,23,26). The van der Waals surface area contributed by atoms with Crippen molar-refractivity contribution in [3.05, 3.63) is 35.6 Å². The summed E-state index contributed by atoms with van der Waals surface area (Å²) in [6, 6.07) is 7.62. The Balaban J connectivity index is 1.54. The molecular weight excluding hydrogens is 396 g/mol. The minimum Gasteiger partial charge on any atom is -0.369 e. The SMILES string of the molecule is CC1(C)CC(C(=O)Nc2ncc(-c3ccc4nnc(Cl)cc4c3)s2)C(C)(C)O1. The van der Waals surface area contributed by atoms with Gasteiger partial charge in [0.15, 0.2) is 10.3 Å². The van der Waals surface area contributed by atoms with Crippen molar-refractivity contribution in [3.63, 3.8) is 0 Å². The van der Waals surface area contributed by atoms with Crippen molar-refractivity contribution in [2.75, 3.05) is 5.32 Å². The summed E-state index contributed by atoms with van der Waals surface area (Å²) in [6.07, 6.45) is 2.44. The van der Waals surface area contributed by atoms with Crippen LogP contribution in [0.25, 0.3) is 21.3 Å². The van der Waals surface area contributed by atoms with Crippen molar-refractivity contribution in [2.45, 2.75) is 45.3 Å². The predicted octanol–water partition coefficient (Wildman–Crippen LogP) is 4.94. The van der Waals surface area contributed by atoms with Crippen molar-refractivity contribution in [1.29, 1.82) is 0 Å². The summed E-state index contributed by atoms with van der Waals surface area (Å²) in [5.41, 5.74) is 0.943. The zero-order valence-electron chi connectivity index (χ0n) is 16.1. The number of hydrogen-bond donors (Lipinski definition) is 1. The Bertz CT molecular complexity index is 1060. The largest absolute Gasteiger partial charge is 0.369 e. The molecule has 0 saturated carbocycles. The Morgan fingerprint density at radius 1 is 1.25 bits per heavy atom. The average Bonchev–Trinajstić information content (AvgIpc) is 3.14. The number of aromatic nitrogens is 3. The van der Waals surface area contributed by atoms with Gasteiger partial charge >= 0.3 is 0 Å². The third kappa shape index (κ3) is 3.74. The number of halogens is 1. The molecule has 1 aliphatic rings. The van der Waals surface area contributed by atoms with Crippen LogP contribution in [0, 0.1) is 5.92 Å². The number of hydrogen-bond acceptors (Lipinski definition) is 6. The number of anilines is 1. The molecule has 0 aliphatic carbocycles. The van der Waals surface area contributed by atoms with E-state index in [1.54, 1.807) is 12.3 Å². The molecule has 1 N–H and O–H groups in total. The summed E-state index contributed by atoms with van der Waals surface area (Å²) in [6.45, 7) is 7.95. The molecule has 0 bridgehead atoms. The lowest BCUT2D eigenvalue weighted by molar-refractivity contribution is -0.126. The van der Waals surface area contributed by atoms with Crippen molar-refractivity contribution in [3.8, 4) is 10.4 Å². The van der Waals surface area contributed by atoms with Gasteiger partial charge in [-0.3, -0.25) is 4.79 Å². The molecule has 1 unspecified atom stereocenters. The van der Waals surface area contributed by atoms with E-state index in [0.29, 0.717) is 16.7 Å². The number of amides is 1. The van der Waals surface area contributed by atoms with Crippen LogP contribution in [0.15, 0.2) is 30.5 Å². The maximum Gasteiger partial charge on any atom is 0.232 e. The number of benzene rings is 1. The number of nitrogens with one attached hydrogen (secondary N) is 1. The fourth-order valence-corrected chi connectivity index (χ4v) is 4.77. The van der Waals surface area contributed by atoms with Gasteiger partial charge in [-0.25, -0.2) is 4.98 Å². The van der Waals surface area contributed by atoms with Gasteiger partial charge in [-0.15, -0.1) is 10.2 Å². The fraction of sp³-hybridized carbons (Fsp3) is 0.400. The molecule has 6 nitrogen and oxygen atoms in total. The van der Waals surface area contributed by atoms with Gasteiger partial charge in [-0.1, -0.05) is 29.0 Å². The minimum atomic E-state index is -0.508. The van der Waals surface area contributed by atoms with Crippen LogP contribution in [-0.2, 0) is 9.53 Å². The van der Waals surface area contributed by atoms with Gasteiger partial charge in [0, 0.05) is 11.6 Å². The summed E-state index contributed by atoms with van der Waals surface area (Å²) in [5, 5.41) is 12.7. The molecule has 3 aromatic rings. The Morgan fingerprint density at radius 2 is 2.04 bits per heavy atom. The average molecular weight is 417 g/mol. The van der Waals surface area contributed by atoms with Gasteiger partial charge < -0.3 is 10.1 Å². The predicted molar refractivity (Wildman–Crippen MR) is 112 cm³/mol. The molecule has 1 amide bonds. The van der Waals surface area contributed by atoms with E-state index in [4.69, 9.17) is 16.3 Å². The van der Waals surface area contributed by atoms with Crippen LogP contribution in [0.1, 0.15) is 34.1 Å². The molecule has 0 radical (unpaired) electrons. The summed E-state index contributed by atoms with van der Waals surface area (Å²) in [7, 11) is 0. The van der Waals surface area contributed by atoms with Gasteiger partial charge in [0.2, 0.25) is 5.91 Å². The third-order valence-electron chi connectivity index (χ3n) is 4.97. The third-order valence-corrected chi connectivity index (χ3v) is 6.11. The highest BCUT2D eigenvalue weighted by atomic mass is 35.5. The summed E-state index contributed by atoms with van der Waals surface area (Å²) >= 11 is 7.38. The van der Waals surface area contributed by atoms with Crippen LogP contribution in [0.2, 0.25) is 5.15 Å². The Hall–Kier alpha value is -2.09. The lowest BCUT2D eigenvalue weighted by Gasteiger charge is -2.26. The maximum atomic E-state index is 12.8. The van der Waals surface area contributed by atoms with Crippen molar-refractivity contribution in [1.82, 2.24) is 15.2 Å². The van der Waals surface area contributed by atoms with Gasteiger partial charge in [0.1, 0.15) is 0 Å². The van der Waals surface area contributed by atoms with Gasteiger partial charge in [-0.2, -0.15) is 0 Å². The van der Waals surface area contributed by atoms with Crippen molar-refractivity contribution >= 4 is 44.9 Å². The summed E-state index contributed by atoms with van der Waals surface area (Å²) in [5.74, 6) is -0.284. The zero-order valence-corrected chi connectivity index (χ0v) is 17.7. The van der Waals surface area contributed by atoms with Crippen LogP contribution < -0.4 is 5.32 Å². The molecule has 1 atom stereocenters. The number of fused-ring (bicyclic) bond motifs is 1. The Kier molecular flexibility index (Phi) is 4.64. The molecule has 146 valence electrons. The summed E-state index contributed by atoms with van der Waals surface area (Å²) < 4.78 is 6.03. The first kappa shape index (κ1) is 19.2. The molecule has 1 aromatic carbocycles.